The van der Waals surface area contributed by atoms with Gasteiger partial charge in [-0.05, 0) is 221 Å². The van der Waals surface area contributed by atoms with E-state index in [-0.39, 0.29) is 18.3 Å². The van der Waals surface area contributed by atoms with Crippen molar-refractivity contribution in [3.63, 3.8) is 0 Å². The third-order valence-electron chi connectivity index (χ3n) is 25.3. The van der Waals surface area contributed by atoms with E-state index >= 15 is 0 Å². The van der Waals surface area contributed by atoms with E-state index in [9.17, 15) is 0 Å². The molecule has 0 aliphatic heterocycles. The van der Waals surface area contributed by atoms with E-state index in [1.807, 2.05) is 0 Å². The van der Waals surface area contributed by atoms with Gasteiger partial charge in [0.25, 0.3) is 0 Å². The van der Waals surface area contributed by atoms with Crippen LogP contribution in [0.25, 0.3) is 33.4 Å². The third kappa shape index (κ3) is 52.8. The third-order valence-corrected chi connectivity index (χ3v) is 25.3. The van der Waals surface area contributed by atoms with Gasteiger partial charge in [-0.15, -0.1) is 0 Å². The van der Waals surface area contributed by atoms with E-state index in [4.69, 9.17) is 42.6 Å². The topological polar surface area (TPSA) is 83.1 Å². The Morgan fingerprint density at radius 1 is 0.175 bits per heavy atom. The fourth-order valence-electron chi connectivity index (χ4n) is 17.4. The molecule has 0 fully saturated rings. The number of benzene rings is 7. The van der Waals surface area contributed by atoms with Crippen LogP contribution in [0, 0.1) is 0 Å². The highest BCUT2D eigenvalue weighted by Gasteiger charge is 2.13. The molecule has 3 unspecified atom stereocenters. The van der Waals surface area contributed by atoms with Crippen molar-refractivity contribution in [2.45, 2.75) is 446 Å². The fourth-order valence-corrected chi connectivity index (χ4v) is 17.4. The molecule has 0 amide bonds. The van der Waals surface area contributed by atoms with Gasteiger partial charge in [-0.2, -0.15) is 0 Å². The molecule has 0 saturated heterocycles. The highest BCUT2D eigenvalue weighted by Crippen LogP contribution is 2.32. The summed E-state index contributed by atoms with van der Waals surface area (Å²) < 4.78 is 56.4. The highest BCUT2D eigenvalue weighted by atomic mass is 16.5. The smallest absolute Gasteiger partial charge is 0.119 e. The number of ether oxygens (including phenoxy) is 9. The Bertz CT molecular complexity index is 3220. The molecular weight excluding hydrogens is 1550 g/mol. The van der Waals surface area contributed by atoms with Crippen LogP contribution in [0.2, 0.25) is 0 Å². The molecule has 0 aliphatic carbocycles. The van der Waals surface area contributed by atoms with Gasteiger partial charge in [0.1, 0.15) is 34.5 Å². The van der Waals surface area contributed by atoms with E-state index in [0.717, 1.165) is 132 Å². The quantitative estimate of drug-likeness (QED) is 0.0346. The molecule has 0 spiro atoms. The Balaban J connectivity index is 0.707. The number of hydrogen-bond acceptors (Lipinski definition) is 9. The maximum absolute atomic E-state index is 6.37. The minimum Gasteiger partial charge on any atom is -0.494 e. The van der Waals surface area contributed by atoms with Crippen molar-refractivity contribution >= 4 is 0 Å². The largest absolute Gasteiger partial charge is 0.494 e. The van der Waals surface area contributed by atoms with Crippen LogP contribution in [0.4, 0.5) is 0 Å². The van der Waals surface area contributed by atoms with Crippen LogP contribution in [0.5, 0.6) is 34.5 Å². The lowest BCUT2D eigenvalue weighted by molar-refractivity contribution is 0.109. The lowest BCUT2D eigenvalue weighted by atomic mass is 10.1. The maximum Gasteiger partial charge on any atom is 0.119 e. The van der Waals surface area contributed by atoms with E-state index < -0.39 is 0 Å². The first-order chi connectivity index (χ1) is 62.2. The van der Waals surface area contributed by atoms with E-state index in [0.29, 0.717) is 19.8 Å². The molecule has 0 aromatic heterocycles. The van der Waals surface area contributed by atoms with Gasteiger partial charge in [0, 0.05) is 19.8 Å². The predicted octanol–water partition coefficient (Wildman–Crippen LogP) is 36.1. The minimum absolute atomic E-state index is 0.203. The maximum atomic E-state index is 6.37. The van der Waals surface area contributed by atoms with Gasteiger partial charge in [0.15, 0.2) is 0 Å². The summed E-state index contributed by atoms with van der Waals surface area (Å²) in [5.41, 5.74) is 10.9. The van der Waals surface area contributed by atoms with Gasteiger partial charge in [-0.3, -0.25) is 0 Å². The summed E-state index contributed by atoms with van der Waals surface area (Å²) in [6.45, 7) is 20.2. The van der Waals surface area contributed by atoms with E-state index in [1.54, 1.807) is 0 Å². The second-order valence-electron chi connectivity index (χ2n) is 37.2. The first-order valence-electron chi connectivity index (χ1n) is 52.6. The number of hydrogen-bond donors (Lipinski definition) is 0. The summed E-state index contributed by atoms with van der Waals surface area (Å²) in [6, 6.07) is 58.4. The molecule has 0 aliphatic rings. The minimum atomic E-state index is 0.203. The van der Waals surface area contributed by atoms with Crippen molar-refractivity contribution in [1.82, 2.24) is 0 Å². The molecule has 7 aromatic rings. The molecule has 0 saturated carbocycles. The van der Waals surface area contributed by atoms with E-state index in [1.165, 1.54) is 358 Å². The van der Waals surface area contributed by atoms with Gasteiger partial charge in [0.2, 0.25) is 0 Å². The summed E-state index contributed by atoms with van der Waals surface area (Å²) in [6.07, 6.45) is 73.9. The average Bonchev–Trinajstić information content (AvgIpc) is 0.855. The SMILES string of the molecule is CCCCCCCCCCCCOc1ccc(-c2ccc(OC(C)CCCCCCCCCCOCc3cc(COCCCCCCCCCCC(C)Oc4ccc(-c5ccc(OCCCCCCCCCCCC)cc5)cc4)cc(COCCCCCCCCCCC(C)Oc4ccc(-c5ccc(OCCCCCCCCCCCC)cc5)cc4)c3)cc2)cc1. The molecule has 0 N–H and O–H groups in total. The second-order valence-corrected chi connectivity index (χ2v) is 37.2. The highest BCUT2D eigenvalue weighted by molar-refractivity contribution is 5.67. The average molecular weight is 1730 g/mol. The summed E-state index contributed by atoms with van der Waals surface area (Å²) in [5.74, 6) is 5.73. The Labute approximate surface area is 771 Å². The van der Waals surface area contributed by atoms with Crippen molar-refractivity contribution in [1.29, 1.82) is 0 Å². The van der Waals surface area contributed by atoms with Crippen molar-refractivity contribution in [2.24, 2.45) is 0 Å². The van der Waals surface area contributed by atoms with Gasteiger partial charge >= 0.3 is 0 Å². The van der Waals surface area contributed by atoms with Crippen LogP contribution in [-0.4, -0.2) is 58.0 Å². The normalized spacial score (nSPS) is 12.2. The molecule has 7 aromatic carbocycles. The van der Waals surface area contributed by atoms with Crippen molar-refractivity contribution in [3.05, 3.63) is 180 Å². The summed E-state index contributed by atoms with van der Waals surface area (Å²) in [4.78, 5) is 0. The van der Waals surface area contributed by atoms with Crippen LogP contribution < -0.4 is 28.4 Å². The van der Waals surface area contributed by atoms with Crippen LogP contribution in [0.15, 0.2) is 164 Å². The molecule has 7 rings (SSSR count). The Hall–Kier alpha value is -6.78. The molecule has 0 bridgehead atoms. The van der Waals surface area contributed by atoms with Crippen LogP contribution >= 0.6 is 0 Å². The Kier molecular flexibility index (Phi) is 61.5. The molecule has 3 atom stereocenters. The zero-order chi connectivity index (χ0) is 88.5. The Morgan fingerprint density at radius 3 is 0.524 bits per heavy atom. The monoisotopic (exact) mass is 1730 g/mol. The van der Waals surface area contributed by atoms with Crippen molar-refractivity contribution in [2.75, 3.05) is 39.6 Å². The van der Waals surface area contributed by atoms with Gasteiger partial charge in [-0.1, -0.05) is 401 Å². The second kappa shape index (κ2) is 73.0. The standard InChI is InChI=1S/C117H180O9/c1-7-10-13-16-19-22-28-40-49-58-91-121-112-76-64-106(65-77-112)109-70-82-115(83-71-109)124-100(4)61-52-43-34-25-31-37-46-55-88-118-97-103-94-104(98-119-89-56-47-38-32-26-35-44-53-62-101(5)125-116-84-72-110(73-85-116)107-66-78-113(79-67-107)122-92-59-50-41-29-23-20-17-14-11-8-2)96-105(95-103)99-120-90-57-48-39-33-27-36-45-54-63-102(6)126-117-86-74-111(75-87-117)108-68-80-114(81-69-108)123-93-60-51-42-30-24-21-18-15-12-9-3/h64-87,94-96,100-102H,7-63,88-93,97-99H2,1-6H3. The number of rotatable bonds is 84. The van der Waals surface area contributed by atoms with Crippen molar-refractivity contribution in [3.8, 4) is 67.9 Å². The van der Waals surface area contributed by atoms with Gasteiger partial charge in [0.05, 0.1) is 58.0 Å². The first-order valence-corrected chi connectivity index (χ1v) is 52.6. The van der Waals surface area contributed by atoms with Gasteiger partial charge < -0.3 is 42.6 Å². The summed E-state index contributed by atoms with van der Waals surface area (Å²) in [7, 11) is 0. The predicted molar refractivity (Wildman–Crippen MR) is 538 cm³/mol. The molecule has 9 nitrogen and oxygen atoms in total. The van der Waals surface area contributed by atoms with Crippen LogP contribution in [0.1, 0.15) is 424 Å². The van der Waals surface area contributed by atoms with Crippen LogP contribution in [0.3, 0.4) is 0 Å². The van der Waals surface area contributed by atoms with Gasteiger partial charge in [-0.25, -0.2) is 0 Å². The molecular formula is C117H180O9. The summed E-state index contributed by atoms with van der Waals surface area (Å²) >= 11 is 0. The molecule has 702 valence electrons. The first kappa shape index (κ1) is 106. The lowest BCUT2D eigenvalue weighted by Gasteiger charge is -2.15. The molecule has 0 radical (unpaired) electrons. The summed E-state index contributed by atoms with van der Waals surface area (Å²) in [5, 5.41) is 0. The van der Waals surface area contributed by atoms with Crippen LogP contribution in [-0.2, 0) is 34.0 Å². The molecule has 9 heteroatoms. The van der Waals surface area contributed by atoms with Crippen molar-refractivity contribution < 1.29 is 42.6 Å². The fraction of sp³-hybridized carbons (Fsp3) is 0.641. The Morgan fingerprint density at radius 2 is 0.333 bits per heavy atom. The zero-order valence-corrected chi connectivity index (χ0v) is 81.2. The molecule has 126 heavy (non-hydrogen) atoms. The zero-order valence-electron chi connectivity index (χ0n) is 81.2. The lowest BCUT2D eigenvalue weighted by Crippen LogP contribution is -2.11. The van der Waals surface area contributed by atoms with E-state index in [2.05, 4.69) is 205 Å². The number of unbranched alkanes of at least 4 members (excludes halogenated alkanes) is 48. The molecule has 0 heterocycles.